The number of hydrogen-bond acceptors (Lipinski definition) is 3. The maximum Gasteiger partial charge on any atom is 0.307 e. The van der Waals surface area contributed by atoms with Gasteiger partial charge < -0.3 is 19.6 Å². The Morgan fingerprint density at radius 1 is 0.970 bits per heavy atom. The maximum absolute atomic E-state index is 10.9. The molecular formula is C27H26ClNO4. The number of carboxylic acids is 1. The van der Waals surface area contributed by atoms with Crippen LogP contribution in [0.15, 0.2) is 66.7 Å². The first kappa shape index (κ1) is 22.7. The largest absolute Gasteiger partial charge is 0.493 e. The molecule has 0 fully saturated rings. The fourth-order valence-electron chi connectivity index (χ4n) is 3.80. The van der Waals surface area contributed by atoms with Crippen LogP contribution in [0, 0.1) is 0 Å². The molecule has 4 aromatic rings. The smallest absolute Gasteiger partial charge is 0.307 e. The number of carbonyl (C=O) groups is 1. The number of hydrogen-bond donors (Lipinski definition) is 2. The second kappa shape index (κ2) is 10.5. The van der Waals surface area contributed by atoms with Crippen LogP contribution in [0.3, 0.4) is 0 Å². The van der Waals surface area contributed by atoms with Crippen LogP contribution in [0.5, 0.6) is 17.2 Å². The third-order valence-corrected chi connectivity index (χ3v) is 5.58. The third kappa shape index (κ3) is 6.08. The van der Waals surface area contributed by atoms with Crippen molar-refractivity contribution in [3.8, 4) is 17.2 Å². The van der Waals surface area contributed by atoms with E-state index in [-0.39, 0.29) is 6.42 Å². The summed E-state index contributed by atoms with van der Waals surface area (Å²) >= 11 is 5.95. The van der Waals surface area contributed by atoms with E-state index in [4.69, 9.17) is 26.2 Å². The number of benzene rings is 3. The molecule has 0 radical (unpaired) electrons. The van der Waals surface area contributed by atoms with Gasteiger partial charge in [-0.3, -0.25) is 4.79 Å². The number of aromatic amines is 1. The van der Waals surface area contributed by atoms with Gasteiger partial charge in [-0.05, 0) is 83.6 Å². The zero-order valence-corrected chi connectivity index (χ0v) is 19.2. The number of aryl methyl sites for hydroxylation is 1. The number of fused-ring (bicyclic) bond motifs is 1. The van der Waals surface area contributed by atoms with Crippen LogP contribution in [0.25, 0.3) is 10.9 Å². The van der Waals surface area contributed by atoms with Crippen molar-refractivity contribution in [2.45, 2.75) is 32.6 Å². The summed E-state index contributed by atoms with van der Waals surface area (Å²) in [6.45, 7) is 2.67. The van der Waals surface area contributed by atoms with E-state index in [1.807, 2.05) is 48.5 Å². The van der Waals surface area contributed by atoms with Gasteiger partial charge in [-0.1, -0.05) is 31.0 Å². The number of aliphatic carboxylic acids is 1. The zero-order valence-electron chi connectivity index (χ0n) is 18.4. The molecule has 170 valence electrons. The Labute approximate surface area is 197 Å². The summed E-state index contributed by atoms with van der Waals surface area (Å²) in [5.41, 5.74) is 3.95. The lowest BCUT2D eigenvalue weighted by molar-refractivity contribution is -0.136. The molecule has 0 saturated heterocycles. The lowest BCUT2D eigenvalue weighted by atomic mass is 10.1. The summed E-state index contributed by atoms with van der Waals surface area (Å²) in [5, 5.41) is 10.7. The highest BCUT2D eigenvalue weighted by molar-refractivity contribution is 6.30. The van der Waals surface area contributed by atoms with Crippen LogP contribution < -0.4 is 9.47 Å². The van der Waals surface area contributed by atoms with Gasteiger partial charge in [0, 0.05) is 22.7 Å². The van der Waals surface area contributed by atoms with E-state index >= 15 is 0 Å². The van der Waals surface area contributed by atoms with Gasteiger partial charge in [0.05, 0.1) is 13.0 Å². The van der Waals surface area contributed by atoms with E-state index in [1.165, 1.54) is 0 Å². The minimum Gasteiger partial charge on any atom is -0.493 e. The second-order valence-corrected chi connectivity index (χ2v) is 8.40. The molecule has 3 aromatic carbocycles. The average molecular weight is 464 g/mol. The highest BCUT2D eigenvalue weighted by Gasteiger charge is 2.09. The Morgan fingerprint density at radius 2 is 1.76 bits per heavy atom. The fraction of sp³-hybridized carbons (Fsp3) is 0.222. The Bertz CT molecular complexity index is 1250. The SMILES string of the molecule is CCCc1cc(Oc2ccc(Cl)cc2)ccc1OCCc1cc2cc(CC(=O)O)ccc2[nH]1. The molecular weight excluding hydrogens is 438 g/mol. The minimum atomic E-state index is -0.828. The molecule has 6 heteroatoms. The van der Waals surface area contributed by atoms with Gasteiger partial charge in [-0.25, -0.2) is 0 Å². The highest BCUT2D eigenvalue weighted by atomic mass is 35.5. The van der Waals surface area contributed by atoms with E-state index in [9.17, 15) is 4.79 Å². The van der Waals surface area contributed by atoms with E-state index in [2.05, 4.69) is 18.0 Å². The van der Waals surface area contributed by atoms with E-state index < -0.39 is 5.97 Å². The van der Waals surface area contributed by atoms with Crippen LogP contribution in [0.2, 0.25) is 5.02 Å². The van der Waals surface area contributed by atoms with Crippen LogP contribution in [0.1, 0.15) is 30.2 Å². The standard InChI is InChI=1S/C27H26ClNO4/c1-2-3-19-17-24(33-23-7-5-21(28)6-8-23)9-11-26(19)32-13-12-22-16-20-14-18(15-27(30)31)4-10-25(20)29-22/h4-11,14,16-17,29H,2-3,12-13,15H2,1H3,(H,30,31). The molecule has 0 amide bonds. The third-order valence-electron chi connectivity index (χ3n) is 5.33. The quantitative estimate of drug-likeness (QED) is 0.271. The fourth-order valence-corrected chi connectivity index (χ4v) is 3.92. The topological polar surface area (TPSA) is 71.6 Å². The minimum absolute atomic E-state index is 0.0253. The summed E-state index contributed by atoms with van der Waals surface area (Å²) in [7, 11) is 0. The second-order valence-electron chi connectivity index (χ2n) is 7.96. The Balaban J connectivity index is 1.40. The molecule has 0 aliphatic heterocycles. The molecule has 0 bridgehead atoms. The van der Waals surface area contributed by atoms with Gasteiger partial charge >= 0.3 is 5.97 Å². The van der Waals surface area contributed by atoms with E-state index in [1.54, 1.807) is 12.1 Å². The monoisotopic (exact) mass is 463 g/mol. The normalized spacial score (nSPS) is 11.0. The van der Waals surface area contributed by atoms with Crippen molar-refractivity contribution in [1.29, 1.82) is 0 Å². The number of rotatable bonds is 10. The molecule has 0 atom stereocenters. The number of H-pyrrole nitrogens is 1. The van der Waals surface area contributed by atoms with Crippen LogP contribution in [-0.2, 0) is 24.1 Å². The predicted octanol–water partition coefficient (Wildman–Crippen LogP) is 6.81. The highest BCUT2D eigenvalue weighted by Crippen LogP contribution is 2.29. The first-order chi connectivity index (χ1) is 16.0. The lowest BCUT2D eigenvalue weighted by Gasteiger charge is -2.13. The summed E-state index contributed by atoms with van der Waals surface area (Å²) in [4.78, 5) is 14.3. The molecule has 0 aliphatic carbocycles. The number of halogens is 1. The number of nitrogens with one attached hydrogen (secondary N) is 1. The van der Waals surface area contributed by atoms with Crippen molar-refractivity contribution in [2.75, 3.05) is 6.61 Å². The Kier molecular flexibility index (Phi) is 7.20. The molecule has 5 nitrogen and oxygen atoms in total. The van der Waals surface area contributed by atoms with E-state index in [0.717, 1.165) is 64.2 Å². The zero-order chi connectivity index (χ0) is 23.2. The van der Waals surface area contributed by atoms with Gasteiger partial charge in [0.25, 0.3) is 0 Å². The maximum atomic E-state index is 10.9. The number of aromatic nitrogens is 1. The molecule has 0 saturated carbocycles. The molecule has 0 unspecified atom stereocenters. The lowest BCUT2D eigenvalue weighted by Crippen LogP contribution is -2.04. The van der Waals surface area contributed by atoms with Gasteiger partial charge in [-0.2, -0.15) is 0 Å². The van der Waals surface area contributed by atoms with Crippen molar-refractivity contribution in [2.24, 2.45) is 0 Å². The van der Waals surface area contributed by atoms with Crippen LogP contribution >= 0.6 is 11.6 Å². The molecule has 0 spiro atoms. The van der Waals surface area contributed by atoms with Gasteiger partial charge in [-0.15, -0.1) is 0 Å². The van der Waals surface area contributed by atoms with Crippen molar-refractivity contribution in [3.05, 3.63) is 88.6 Å². The van der Waals surface area contributed by atoms with Crippen molar-refractivity contribution < 1.29 is 19.4 Å². The Hall–Kier alpha value is -3.44. The predicted molar refractivity (Wildman–Crippen MR) is 131 cm³/mol. The van der Waals surface area contributed by atoms with Crippen molar-refractivity contribution >= 4 is 28.5 Å². The number of carboxylic acid groups (broad SMARTS) is 1. The summed E-state index contributed by atoms with van der Waals surface area (Å²) in [6.07, 6.45) is 2.64. The van der Waals surface area contributed by atoms with Crippen molar-refractivity contribution in [3.63, 3.8) is 0 Å². The molecule has 0 aliphatic rings. The molecule has 1 aromatic heterocycles. The van der Waals surface area contributed by atoms with E-state index in [0.29, 0.717) is 11.6 Å². The molecule has 2 N–H and O–H groups in total. The van der Waals surface area contributed by atoms with Crippen LogP contribution in [-0.4, -0.2) is 22.7 Å². The summed E-state index contributed by atoms with van der Waals surface area (Å²) in [6, 6.07) is 20.9. The number of ether oxygens (including phenoxy) is 2. The average Bonchev–Trinajstić information content (AvgIpc) is 3.18. The van der Waals surface area contributed by atoms with Crippen LogP contribution in [0.4, 0.5) is 0 Å². The summed E-state index contributed by atoms with van der Waals surface area (Å²) in [5.74, 6) is 1.54. The Morgan fingerprint density at radius 3 is 2.52 bits per heavy atom. The molecule has 4 rings (SSSR count). The molecule has 1 heterocycles. The first-order valence-corrected chi connectivity index (χ1v) is 11.4. The molecule has 33 heavy (non-hydrogen) atoms. The van der Waals surface area contributed by atoms with Crippen molar-refractivity contribution in [1.82, 2.24) is 4.98 Å². The first-order valence-electron chi connectivity index (χ1n) is 11.0. The van der Waals surface area contributed by atoms with Gasteiger partial charge in [0.1, 0.15) is 17.2 Å². The summed E-state index contributed by atoms with van der Waals surface area (Å²) < 4.78 is 12.1. The van der Waals surface area contributed by atoms with Gasteiger partial charge in [0.15, 0.2) is 0 Å². The van der Waals surface area contributed by atoms with Gasteiger partial charge in [0.2, 0.25) is 0 Å².